The lowest BCUT2D eigenvalue weighted by Gasteiger charge is -2.46. The van der Waals surface area contributed by atoms with Gasteiger partial charge in [-0.25, -0.2) is 15.0 Å². The lowest BCUT2D eigenvalue weighted by atomic mass is 9.76. The van der Waals surface area contributed by atoms with Crippen LogP contribution in [0, 0.1) is 5.92 Å². The normalized spacial score (nSPS) is 26.5. The first-order chi connectivity index (χ1) is 20.0. The first-order valence-corrected chi connectivity index (χ1v) is 14.4. The number of nitrogen functional groups attached to an aromatic ring is 1. The number of nitrogens with zero attached hydrogens (tertiary/aromatic N) is 5. The van der Waals surface area contributed by atoms with Gasteiger partial charge in [0.05, 0.1) is 16.4 Å². The van der Waals surface area contributed by atoms with E-state index in [0.717, 1.165) is 37.0 Å². The predicted molar refractivity (Wildman–Crippen MR) is 152 cm³/mol. The van der Waals surface area contributed by atoms with Crippen molar-refractivity contribution >= 4 is 27.9 Å². The molecule has 5 N–H and O–H groups in total. The number of aryl methyl sites for hydroxylation is 1. The van der Waals surface area contributed by atoms with Gasteiger partial charge in [0.1, 0.15) is 47.7 Å². The molecule has 1 aromatic carbocycles. The molecule has 42 heavy (non-hydrogen) atoms. The van der Waals surface area contributed by atoms with Gasteiger partial charge in [0.15, 0.2) is 6.23 Å². The second-order valence-electron chi connectivity index (χ2n) is 11.9. The standard InChI is InChI=1S/C29H37F2N7O4/c1-15(2)38(13-22-24(39)25(40)28(41-22)37-9-8-19-26(32)33-14-34-27(19)37)17-10-16(11-17)4-7-23-35-20-6-5-18(12-21(20)36-23)42-29(3,30)31/h5-6,8-9,12,14-17,22,24-25,28,39-40H,4,7,10-11,13H2,1-3H3,(H,35,36)(H2,32,33,34)/t16-,17-,22-,24-,25-,28-/m1/s1. The Kier molecular flexibility index (Phi) is 7.54. The first-order valence-electron chi connectivity index (χ1n) is 14.4. The average Bonchev–Trinajstić information content (AvgIpc) is 3.58. The van der Waals surface area contributed by atoms with Crippen LogP contribution < -0.4 is 10.5 Å². The number of aromatic nitrogens is 5. The summed E-state index contributed by atoms with van der Waals surface area (Å²) in [5.74, 6) is 1.77. The number of aromatic amines is 1. The summed E-state index contributed by atoms with van der Waals surface area (Å²) in [6, 6.07) is 7.08. The van der Waals surface area contributed by atoms with E-state index < -0.39 is 30.6 Å². The second-order valence-corrected chi connectivity index (χ2v) is 11.9. The van der Waals surface area contributed by atoms with Crippen molar-refractivity contribution in [3.63, 3.8) is 0 Å². The van der Waals surface area contributed by atoms with E-state index in [0.29, 0.717) is 47.8 Å². The number of anilines is 1. The number of nitrogens with one attached hydrogen (secondary N) is 1. The molecule has 4 heterocycles. The number of ether oxygens (including phenoxy) is 2. The van der Waals surface area contributed by atoms with Crippen molar-refractivity contribution in [2.24, 2.45) is 5.92 Å². The topological polar surface area (TPSA) is 148 Å². The number of rotatable bonds is 10. The molecular formula is C29H37F2N7O4. The third-order valence-corrected chi connectivity index (χ3v) is 8.48. The van der Waals surface area contributed by atoms with Gasteiger partial charge in [0, 0.05) is 44.2 Å². The highest BCUT2D eigenvalue weighted by Crippen LogP contribution is 2.38. The van der Waals surface area contributed by atoms with Crippen LogP contribution in [0.2, 0.25) is 0 Å². The molecule has 1 saturated carbocycles. The minimum Gasteiger partial charge on any atom is -0.433 e. The molecule has 0 spiro atoms. The van der Waals surface area contributed by atoms with Crippen LogP contribution in [0.3, 0.4) is 0 Å². The Morgan fingerprint density at radius 1 is 1.21 bits per heavy atom. The number of H-pyrrole nitrogens is 1. The minimum atomic E-state index is -3.25. The molecule has 0 amide bonds. The Hall–Kier alpha value is -3.39. The van der Waals surface area contributed by atoms with Crippen molar-refractivity contribution in [2.45, 2.75) is 89.2 Å². The number of alkyl halides is 2. The largest absolute Gasteiger partial charge is 0.433 e. The van der Waals surface area contributed by atoms with Crippen LogP contribution in [0.15, 0.2) is 36.8 Å². The number of hydrogen-bond donors (Lipinski definition) is 4. The molecular weight excluding hydrogens is 548 g/mol. The van der Waals surface area contributed by atoms with Gasteiger partial charge in [0.25, 0.3) is 0 Å². The third-order valence-electron chi connectivity index (χ3n) is 8.48. The predicted octanol–water partition coefficient (Wildman–Crippen LogP) is 3.62. The van der Waals surface area contributed by atoms with Crippen LogP contribution in [0.4, 0.5) is 14.6 Å². The Labute approximate surface area is 241 Å². The minimum absolute atomic E-state index is 0.0826. The number of aliphatic hydroxyl groups excluding tert-OH is 2. The van der Waals surface area contributed by atoms with E-state index in [1.54, 1.807) is 22.9 Å². The average molecular weight is 586 g/mol. The molecule has 2 aliphatic rings. The number of benzene rings is 1. The molecule has 0 bridgehead atoms. The number of nitrogens with two attached hydrogens (primary N) is 1. The zero-order chi connectivity index (χ0) is 29.8. The molecule has 11 nitrogen and oxygen atoms in total. The van der Waals surface area contributed by atoms with Crippen molar-refractivity contribution in [3.8, 4) is 5.75 Å². The summed E-state index contributed by atoms with van der Waals surface area (Å²) in [5, 5.41) is 22.5. The highest BCUT2D eigenvalue weighted by Gasteiger charge is 2.46. The fourth-order valence-electron chi connectivity index (χ4n) is 6.27. The Morgan fingerprint density at radius 3 is 2.74 bits per heavy atom. The summed E-state index contributed by atoms with van der Waals surface area (Å²) in [6.45, 7) is 5.45. The van der Waals surface area contributed by atoms with Gasteiger partial charge < -0.3 is 35.0 Å². The number of hydrogen-bond acceptors (Lipinski definition) is 9. The zero-order valence-corrected chi connectivity index (χ0v) is 23.8. The van der Waals surface area contributed by atoms with E-state index in [1.165, 1.54) is 18.5 Å². The Morgan fingerprint density at radius 2 is 2.00 bits per heavy atom. The molecule has 0 unspecified atom stereocenters. The van der Waals surface area contributed by atoms with Gasteiger partial charge >= 0.3 is 6.11 Å². The number of aliphatic hydroxyl groups is 2. The van der Waals surface area contributed by atoms with Crippen molar-refractivity contribution in [3.05, 3.63) is 42.6 Å². The van der Waals surface area contributed by atoms with Gasteiger partial charge in [0.2, 0.25) is 0 Å². The van der Waals surface area contributed by atoms with Crippen molar-refractivity contribution in [1.29, 1.82) is 0 Å². The van der Waals surface area contributed by atoms with E-state index in [2.05, 4.69) is 43.4 Å². The molecule has 3 aromatic heterocycles. The summed E-state index contributed by atoms with van der Waals surface area (Å²) in [7, 11) is 0. The molecule has 4 atom stereocenters. The molecule has 1 aliphatic heterocycles. The Balaban J connectivity index is 1.04. The van der Waals surface area contributed by atoms with Crippen LogP contribution in [0.5, 0.6) is 5.75 Å². The summed E-state index contributed by atoms with van der Waals surface area (Å²) in [6.07, 6.45) is 0.0681. The molecule has 226 valence electrons. The highest BCUT2D eigenvalue weighted by atomic mass is 19.3. The van der Waals surface area contributed by atoms with Crippen molar-refractivity contribution < 1.29 is 28.5 Å². The smallest absolute Gasteiger partial charge is 0.394 e. The number of fused-ring (bicyclic) bond motifs is 2. The van der Waals surface area contributed by atoms with Crippen LogP contribution in [-0.2, 0) is 11.2 Å². The Bertz CT molecular complexity index is 1550. The SMILES string of the molecule is CC(C)N(C[C@H]1O[C@@H](n2ccc3c(N)ncnc32)[C@H](O)[C@@H]1O)[C@H]1C[C@H](CCc2nc3cc(OC(C)(F)F)ccc3[nH]2)C1. The molecule has 13 heteroatoms. The molecule has 2 fully saturated rings. The van der Waals surface area contributed by atoms with Gasteiger partial charge in [-0.05, 0) is 57.2 Å². The van der Waals surface area contributed by atoms with E-state index in [1.807, 2.05) is 0 Å². The fourth-order valence-corrected chi connectivity index (χ4v) is 6.27. The summed E-state index contributed by atoms with van der Waals surface area (Å²) < 4.78 is 39.0. The number of imidazole rings is 1. The lowest BCUT2D eigenvalue weighted by Crippen LogP contribution is -2.52. The van der Waals surface area contributed by atoms with Crippen LogP contribution in [0.1, 0.15) is 52.1 Å². The van der Waals surface area contributed by atoms with Gasteiger partial charge in [-0.1, -0.05) is 0 Å². The van der Waals surface area contributed by atoms with Gasteiger partial charge in [-0.15, -0.1) is 0 Å². The van der Waals surface area contributed by atoms with Crippen molar-refractivity contribution in [2.75, 3.05) is 12.3 Å². The maximum absolute atomic E-state index is 13.2. The molecule has 0 radical (unpaired) electrons. The van der Waals surface area contributed by atoms with Crippen LogP contribution in [0.25, 0.3) is 22.1 Å². The maximum Gasteiger partial charge on any atom is 0.394 e. The first kappa shape index (κ1) is 28.7. The lowest BCUT2D eigenvalue weighted by molar-refractivity contribution is -0.158. The summed E-state index contributed by atoms with van der Waals surface area (Å²) in [5.41, 5.74) is 7.89. The molecule has 1 saturated heterocycles. The van der Waals surface area contributed by atoms with Crippen molar-refractivity contribution in [1.82, 2.24) is 29.4 Å². The number of halogens is 2. The van der Waals surface area contributed by atoms with E-state index in [9.17, 15) is 19.0 Å². The summed E-state index contributed by atoms with van der Waals surface area (Å²) >= 11 is 0. The second kappa shape index (κ2) is 11.0. The van der Waals surface area contributed by atoms with Crippen LogP contribution >= 0.6 is 0 Å². The van der Waals surface area contributed by atoms with E-state index >= 15 is 0 Å². The quantitative estimate of drug-likeness (QED) is 0.219. The van der Waals surface area contributed by atoms with Gasteiger partial charge in [-0.2, -0.15) is 8.78 Å². The van der Waals surface area contributed by atoms with E-state index in [4.69, 9.17) is 10.5 Å². The summed E-state index contributed by atoms with van der Waals surface area (Å²) in [4.78, 5) is 18.5. The fraction of sp³-hybridized carbons (Fsp3) is 0.552. The molecule has 4 aromatic rings. The molecule has 6 rings (SSSR count). The third kappa shape index (κ3) is 5.65. The van der Waals surface area contributed by atoms with Gasteiger partial charge in [-0.3, -0.25) is 4.90 Å². The maximum atomic E-state index is 13.2. The molecule has 1 aliphatic carbocycles. The highest BCUT2D eigenvalue weighted by molar-refractivity contribution is 5.86. The monoisotopic (exact) mass is 585 g/mol. The zero-order valence-electron chi connectivity index (χ0n) is 23.8. The van der Waals surface area contributed by atoms with E-state index in [-0.39, 0.29) is 11.8 Å². The van der Waals surface area contributed by atoms with Crippen LogP contribution in [-0.4, -0.2) is 82.7 Å².